The molecular formula is C18H20N8O. The maximum absolute atomic E-state index is 13.2. The van der Waals surface area contributed by atoms with E-state index < -0.39 is 0 Å². The first-order valence-electron chi connectivity index (χ1n) is 9.32. The Hall–Kier alpha value is -3.10. The Morgan fingerprint density at radius 3 is 3.11 bits per heavy atom. The zero-order chi connectivity index (χ0) is 18.2. The van der Waals surface area contributed by atoms with Crippen LogP contribution in [0.5, 0.6) is 0 Å². The lowest BCUT2D eigenvalue weighted by Crippen LogP contribution is -2.39. The molecule has 27 heavy (non-hydrogen) atoms. The van der Waals surface area contributed by atoms with Gasteiger partial charge in [0, 0.05) is 37.5 Å². The van der Waals surface area contributed by atoms with Gasteiger partial charge in [0.05, 0.1) is 23.9 Å². The molecule has 0 unspecified atom stereocenters. The molecule has 1 N–H and O–H groups in total. The van der Waals surface area contributed by atoms with Gasteiger partial charge in [-0.1, -0.05) is 6.42 Å². The van der Waals surface area contributed by atoms with Crippen LogP contribution >= 0.6 is 0 Å². The van der Waals surface area contributed by atoms with E-state index in [0.717, 1.165) is 55.0 Å². The van der Waals surface area contributed by atoms with Crippen LogP contribution in [0.25, 0.3) is 11.4 Å². The van der Waals surface area contributed by atoms with E-state index in [1.54, 1.807) is 17.1 Å². The summed E-state index contributed by atoms with van der Waals surface area (Å²) in [5.74, 6) is 1.35. The number of aromatic amines is 1. The van der Waals surface area contributed by atoms with Gasteiger partial charge < -0.3 is 9.88 Å². The molecule has 2 aliphatic heterocycles. The minimum absolute atomic E-state index is 0.108. The zero-order valence-electron chi connectivity index (χ0n) is 14.9. The summed E-state index contributed by atoms with van der Waals surface area (Å²) in [5, 5.41) is 11.9. The maximum Gasteiger partial charge on any atom is 0.233 e. The van der Waals surface area contributed by atoms with Gasteiger partial charge in [-0.05, 0) is 35.4 Å². The van der Waals surface area contributed by atoms with E-state index in [2.05, 4.69) is 25.5 Å². The van der Waals surface area contributed by atoms with E-state index in [9.17, 15) is 4.79 Å². The zero-order valence-corrected chi connectivity index (χ0v) is 14.9. The third kappa shape index (κ3) is 2.88. The van der Waals surface area contributed by atoms with E-state index in [4.69, 9.17) is 4.98 Å². The Morgan fingerprint density at radius 1 is 1.26 bits per heavy atom. The number of fused-ring (bicyclic) bond motifs is 2. The second-order valence-electron chi connectivity index (χ2n) is 7.07. The third-order valence-corrected chi connectivity index (χ3v) is 5.36. The Kier molecular flexibility index (Phi) is 3.92. The highest BCUT2D eigenvalue weighted by molar-refractivity contribution is 5.83. The fourth-order valence-electron chi connectivity index (χ4n) is 3.94. The van der Waals surface area contributed by atoms with Gasteiger partial charge in [-0.25, -0.2) is 9.67 Å². The molecule has 2 aliphatic rings. The lowest BCUT2D eigenvalue weighted by Gasteiger charge is -2.29. The molecule has 138 valence electrons. The molecule has 1 atom stereocenters. The van der Waals surface area contributed by atoms with Crippen molar-refractivity contribution < 1.29 is 4.79 Å². The predicted octanol–water partition coefficient (Wildman–Crippen LogP) is 1.31. The van der Waals surface area contributed by atoms with Gasteiger partial charge in [-0.2, -0.15) is 0 Å². The van der Waals surface area contributed by atoms with E-state index in [-0.39, 0.29) is 11.8 Å². The van der Waals surface area contributed by atoms with Gasteiger partial charge in [0.1, 0.15) is 5.82 Å². The van der Waals surface area contributed by atoms with Crippen molar-refractivity contribution in [1.82, 2.24) is 40.1 Å². The molecule has 0 bridgehead atoms. The maximum atomic E-state index is 13.2. The second kappa shape index (κ2) is 6.57. The van der Waals surface area contributed by atoms with Crippen LogP contribution in [0.15, 0.2) is 24.5 Å². The highest BCUT2D eigenvalue weighted by Crippen LogP contribution is 2.29. The quantitative estimate of drug-likeness (QED) is 0.735. The average Bonchev–Trinajstić information content (AvgIpc) is 3.30. The van der Waals surface area contributed by atoms with Crippen LogP contribution in [0, 0.1) is 0 Å². The number of tetrazole rings is 1. The molecule has 0 saturated carbocycles. The first-order valence-corrected chi connectivity index (χ1v) is 9.32. The monoisotopic (exact) mass is 364 g/mol. The lowest BCUT2D eigenvalue weighted by molar-refractivity contribution is -0.134. The molecule has 1 amide bonds. The van der Waals surface area contributed by atoms with Crippen molar-refractivity contribution in [3.05, 3.63) is 41.7 Å². The minimum atomic E-state index is -0.259. The van der Waals surface area contributed by atoms with Crippen molar-refractivity contribution >= 4 is 5.91 Å². The first-order chi connectivity index (χ1) is 13.3. The number of amides is 1. The standard InChI is InChI=1S/C18H20N8O/c27-18(13-5-1-2-8-26-17(13)22-23-24-26)25-9-6-14-15(11-25)21-16(20-14)12-4-3-7-19-10-12/h3-4,7,10,13H,1-2,5-6,8-9,11H2,(H,20,21)/t13-/m1/s1. The number of nitrogens with zero attached hydrogens (tertiary/aromatic N) is 7. The summed E-state index contributed by atoms with van der Waals surface area (Å²) >= 11 is 0. The molecule has 0 spiro atoms. The third-order valence-electron chi connectivity index (χ3n) is 5.36. The van der Waals surface area contributed by atoms with Crippen molar-refractivity contribution in [2.45, 2.75) is 44.7 Å². The molecule has 0 aliphatic carbocycles. The lowest BCUT2D eigenvalue weighted by atomic mass is 9.99. The van der Waals surface area contributed by atoms with Gasteiger partial charge >= 0.3 is 0 Å². The molecule has 5 rings (SSSR count). The molecule has 0 fully saturated rings. The number of nitrogens with one attached hydrogen (secondary N) is 1. The number of H-pyrrole nitrogens is 1. The SMILES string of the molecule is O=C([C@@H]1CCCCn2nnnc21)N1CCc2nc(-c3cccnc3)[nH]c2C1. The number of imidazole rings is 1. The van der Waals surface area contributed by atoms with Gasteiger partial charge in [0.25, 0.3) is 0 Å². The van der Waals surface area contributed by atoms with E-state index >= 15 is 0 Å². The number of rotatable bonds is 2. The fraction of sp³-hybridized carbons (Fsp3) is 0.444. The largest absolute Gasteiger partial charge is 0.340 e. The fourth-order valence-corrected chi connectivity index (χ4v) is 3.94. The number of pyridine rings is 1. The molecule has 0 saturated heterocycles. The van der Waals surface area contributed by atoms with E-state index in [1.807, 2.05) is 17.0 Å². The summed E-state index contributed by atoms with van der Waals surface area (Å²) in [6.45, 7) is 1.99. The van der Waals surface area contributed by atoms with E-state index in [0.29, 0.717) is 18.9 Å². The number of hydrogen-bond acceptors (Lipinski definition) is 6. The van der Waals surface area contributed by atoms with Crippen LogP contribution in [0.2, 0.25) is 0 Å². The second-order valence-corrected chi connectivity index (χ2v) is 7.07. The minimum Gasteiger partial charge on any atom is -0.340 e. The first kappa shape index (κ1) is 16.1. The van der Waals surface area contributed by atoms with Crippen molar-refractivity contribution in [1.29, 1.82) is 0 Å². The molecule has 3 aromatic rings. The summed E-state index contributed by atoms with van der Waals surface area (Å²) in [4.78, 5) is 27.4. The van der Waals surface area contributed by atoms with Crippen molar-refractivity contribution in [2.24, 2.45) is 0 Å². The van der Waals surface area contributed by atoms with Crippen molar-refractivity contribution in [3.8, 4) is 11.4 Å². The van der Waals surface area contributed by atoms with Gasteiger partial charge in [0.15, 0.2) is 5.82 Å². The molecule has 9 nitrogen and oxygen atoms in total. The molecular weight excluding hydrogens is 344 g/mol. The topological polar surface area (TPSA) is 105 Å². The van der Waals surface area contributed by atoms with Crippen LogP contribution in [0.4, 0.5) is 0 Å². The number of carbonyl (C=O) groups excluding carboxylic acids is 1. The smallest absolute Gasteiger partial charge is 0.233 e. The summed E-state index contributed by atoms with van der Waals surface area (Å²) in [5.41, 5.74) is 2.98. The normalized spacial score (nSPS) is 19.3. The Balaban J connectivity index is 1.38. The highest BCUT2D eigenvalue weighted by atomic mass is 16.2. The van der Waals surface area contributed by atoms with Crippen LogP contribution in [-0.2, 0) is 24.3 Å². The number of carbonyl (C=O) groups is 1. The summed E-state index contributed by atoms with van der Waals surface area (Å²) < 4.78 is 1.78. The Morgan fingerprint density at radius 2 is 2.22 bits per heavy atom. The van der Waals surface area contributed by atoms with Crippen LogP contribution in [0.3, 0.4) is 0 Å². The molecule has 3 aromatic heterocycles. The Labute approximate surface area is 155 Å². The number of aryl methyl sites for hydroxylation is 1. The Bertz CT molecular complexity index is 963. The summed E-state index contributed by atoms with van der Waals surface area (Å²) in [6, 6.07) is 3.87. The van der Waals surface area contributed by atoms with Gasteiger partial charge in [-0.15, -0.1) is 5.10 Å². The van der Waals surface area contributed by atoms with Crippen molar-refractivity contribution in [3.63, 3.8) is 0 Å². The van der Waals surface area contributed by atoms with Gasteiger partial charge in [-0.3, -0.25) is 9.78 Å². The van der Waals surface area contributed by atoms with Crippen LogP contribution in [0.1, 0.15) is 42.4 Å². The van der Waals surface area contributed by atoms with Crippen LogP contribution in [-0.4, -0.2) is 52.5 Å². The molecule has 0 radical (unpaired) electrons. The summed E-state index contributed by atoms with van der Waals surface area (Å²) in [6.07, 6.45) is 7.07. The molecule has 0 aromatic carbocycles. The number of hydrogen-bond donors (Lipinski definition) is 1. The molecule has 9 heteroatoms. The van der Waals surface area contributed by atoms with E-state index in [1.165, 1.54) is 0 Å². The summed E-state index contributed by atoms with van der Waals surface area (Å²) in [7, 11) is 0. The highest BCUT2D eigenvalue weighted by Gasteiger charge is 2.34. The molecule has 5 heterocycles. The predicted molar refractivity (Wildman–Crippen MR) is 95.3 cm³/mol. The van der Waals surface area contributed by atoms with Crippen LogP contribution < -0.4 is 0 Å². The average molecular weight is 364 g/mol. The van der Waals surface area contributed by atoms with Crippen molar-refractivity contribution in [2.75, 3.05) is 6.54 Å². The van der Waals surface area contributed by atoms with Gasteiger partial charge in [0.2, 0.25) is 5.91 Å². The number of aromatic nitrogens is 7.